The van der Waals surface area contributed by atoms with Crippen molar-refractivity contribution >= 4 is 10.8 Å². The highest BCUT2D eigenvalue weighted by atomic mass is 19.2. The molecule has 152 valence electrons. The first-order valence-electron chi connectivity index (χ1n) is 9.64. The van der Waals surface area contributed by atoms with Crippen molar-refractivity contribution in [1.82, 2.24) is 4.98 Å². The molecule has 0 atom stereocenters. The van der Waals surface area contributed by atoms with Gasteiger partial charge >= 0.3 is 0 Å². The largest absolute Gasteiger partial charge is 0.380 e. The number of pyridine rings is 1. The van der Waals surface area contributed by atoms with Gasteiger partial charge in [0.05, 0.1) is 12.3 Å². The highest BCUT2D eigenvalue weighted by Crippen LogP contribution is 2.27. The predicted octanol–water partition coefficient (Wildman–Crippen LogP) is 6.25. The average Bonchev–Trinajstić information content (AvgIpc) is 2.76. The molecule has 0 fully saturated rings. The molecule has 0 radical (unpaired) electrons. The Balaban J connectivity index is 1.56. The molecule has 0 bridgehead atoms. The van der Waals surface area contributed by atoms with Gasteiger partial charge < -0.3 is 4.74 Å². The number of aromatic nitrogens is 1. The fraction of sp³-hybridized carbons (Fsp3) is 0.160. The van der Waals surface area contributed by atoms with Crippen LogP contribution in [0.5, 0.6) is 0 Å². The van der Waals surface area contributed by atoms with Crippen LogP contribution < -0.4 is 0 Å². The molecule has 2 nitrogen and oxygen atoms in total. The highest BCUT2D eigenvalue weighted by Gasteiger charge is 2.10. The van der Waals surface area contributed by atoms with Crippen LogP contribution in [-0.4, -0.2) is 12.1 Å². The zero-order valence-corrected chi connectivity index (χ0v) is 16.5. The summed E-state index contributed by atoms with van der Waals surface area (Å²) in [4.78, 5) is 4.46. The quantitative estimate of drug-likeness (QED) is 0.377. The van der Waals surface area contributed by atoms with Gasteiger partial charge in [0.15, 0.2) is 11.6 Å². The van der Waals surface area contributed by atoms with E-state index in [0.29, 0.717) is 36.0 Å². The van der Waals surface area contributed by atoms with Gasteiger partial charge in [-0.15, -0.1) is 0 Å². The van der Waals surface area contributed by atoms with Crippen molar-refractivity contribution in [2.45, 2.75) is 19.4 Å². The Bertz CT molecular complexity index is 1190. The van der Waals surface area contributed by atoms with E-state index in [4.69, 9.17) is 4.74 Å². The zero-order valence-electron chi connectivity index (χ0n) is 16.5. The molecule has 0 amide bonds. The van der Waals surface area contributed by atoms with Gasteiger partial charge in [-0.25, -0.2) is 13.2 Å². The smallest absolute Gasteiger partial charge is 0.159 e. The summed E-state index contributed by atoms with van der Waals surface area (Å²) in [6, 6.07) is 16.8. The third kappa shape index (κ3) is 4.21. The van der Waals surface area contributed by atoms with Crippen molar-refractivity contribution in [3.05, 3.63) is 101 Å². The van der Waals surface area contributed by atoms with Crippen LogP contribution in [0, 0.1) is 17.5 Å². The van der Waals surface area contributed by atoms with E-state index < -0.39 is 11.6 Å². The molecule has 1 aromatic heterocycles. The van der Waals surface area contributed by atoms with E-state index in [0.717, 1.165) is 34.3 Å². The Morgan fingerprint density at radius 1 is 0.800 bits per heavy atom. The van der Waals surface area contributed by atoms with Gasteiger partial charge in [-0.3, -0.25) is 4.98 Å². The van der Waals surface area contributed by atoms with Crippen LogP contribution >= 0.6 is 0 Å². The van der Waals surface area contributed by atoms with E-state index in [9.17, 15) is 8.78 Å². The minimum Gasteiger partial charge on any atom is -0.380 e. The van der Waals surface area contributed by atoms with Crippen LogP contribution in [0.4, 0.5) is 13.2 Å². The molecule has 1 heterocycles. The number of rotatable bonds is 6. The summed E-state index contributed by atoms with van der Waals surface area (Å²) in [5.41, 5.74) is 3.87. The maximum atomic E-state index is 15.0. The van der Waals surface area contributed by atoms with Gasteiger partial charge in [-0.1, -0.05) is 36.4 Å². The number of ether oxygens (including phenoxy) is 1. The number of nitrogens with zero attached hydrogens (tertiary/aromatic N) is 1. The van der Waals surface area contributed by atoms with Gasteiger partial charge in [0.25, 0.3) is 0 Å². The lowest BCUT2D eigenvalue weighted by atomic mass is 9.98. The molecule has 30 heavy (non-hydrogen) atoms. The van der Waals surface area contributed by atoms with Crippen LogP contribution in [0.25, 0.3) is 22.0 Å². The number of fused-ring (bicyclic) bond motifs is 1. The summed E-state index contributed by atoms with van der Waals surface area (Å²) in [6.45, 7) is 0.504. The Labute approximate surface area is 173 Å². The van der Waals surface area contributed by atoms with E-state index in [1.165, 1.54) is 6.07 Å². The van der Waals surface area contributed by atoms with E-state index in [2.05, 4.69) is 4.98 Å². The molecule has 0 saturated carbocycles. The molecule has 3 aromatic carbocycles. The lowest BCUT2D eigenvalue weighted by Crippen LogP contribution is -1.97. The van der Waals surface area contributed by atoms with Gasteiger partial charge in [0.1, 0.15) is 5.82 Å². The lowest BCUT2D eigenvalue weighted by molar-refractivity contribution is 0.184. The molecule has 4 aromatic rings. The van der Waals surface area contributed by atoms with E-state index in [1.807, 2.05) is 30.3 Å². The first kappa shape index (κ1) is 20.1. The fourth-order valence-corrected chi connectivity index (χ4v) is 3.51. The molecule has 0 unspecified atom stereocenters. The van der Waals surface area contributed by atoms with Crippen molar-refractivity contribution in [1.29, 1.82) is 0 Å². The third-order valence-electron chi connectivity index (χ3n) is 5.13. The molecule has 0 aliphatic carbocycles. The molecular formula is C25H20F3NO. The molecule has 5 heteroatoms. The standard InChI is InChI=1S/C25H20F3NO/c1-30-15-17-4-11-24(29-14-17)20-8-9-21-19(13-20)7-6-18(25(21)28)5-2-16-3-10-22(26)23(27)12-16/h3-4,6-14H,2,5,15H2,1H3. The van der Waals surface area contributed by atoms with Gasteiger partial charge in [-0.05, 0) is 59.2 Å². The number of benzene rings is 3. The monoisotopic (exact) mass is 407 g/mol. The highest BCUT2D eigenvalue weighted by molar-refractivity contribution is 5.88. The first-order valence-corrected chi connectivity index (χ1v) is 9.64. The van der Waals surface area contributed by atoms with E-state index in [-0.39, 0.29) is 5.82 Å². The van der Waals surface area contributed by atoms with Crippen LogP contribution in [0.2, 0.25) is 0 Å². The summed E-state index contributed by atoms with van der Waals surface area (Å²) >= 11 is 0. The van der Waals surface area contributed by atoms with Gasteiger partial charge in [0, 0.05) is 24.3 Å². The predicted molar refractivity (Wildman–Crippen MR) is 112 cm³/mol. The summed E-state index contributed by atoms with van der Waals surface area (Å²) in [5.74, 6) is -2.05. The van der Waals surface area contributed by atoms with Crippen molar-refractivity contribution in [2.75, 3.05) is 7.11 Å². The number of aryl methyl sites for hydroxylation is 2. The number of hydrogen-bond acceptors (Lipinski definition) is 2. The molecule has 0 N–H and O–H groups in total. The third-order valence-corrected chi connectivity index (χ3v) is 5.13. The van der Waals surface area contributed by atoms with Crippen molar-refractivity contribution < 1.29 is 17.9 Å². The summed E-state index contributed by atoms with van der Waals surface area (Å²) in [7, 11) is 1.64. The van der Waals surface area contributed by atoms with Gasteiger partial charge in [-0.2, -0.15) is 0 Å². The second kappa shape index (κ2) is 8.67. The van der Waals surface area contributed by atoms with Crippen LogP contribution in [-0.2, 0) is 24.2 Å². The van der Waals surface area contributed by atoms with Gasteiger partial charge in [0.2, 0.25) is 0 Å². The Hall–Kier alpha value is -3.18. The minimum atomic E-state index is -0.886. The fourth-order valence-electron chi connectivity index (χ4n) is 3.51. The van der Waals surface area contributed by atoms with Crippen LogP contribution in [0.1, 0.15) is 16.7 Å². The minimum absolute atomic E-state index is 0.287. The van der Waals surface area contributed by atoms with E-state index in [1.54, 1.807) is 25.4 Å². The zero-order chi connectivity index (χ0) is 21.1. The second-order valence-electron chi connectivity index (χ2n) is 7.21. The first-order chi connectivity index (χ1) is 14.5. The maximum absolute atomic E-state index is 15.0. The van der Waals surface area contributed by atoms with Crippen LogP contribution in [0.15, 0.2) is 66.9 Å². The normalized spacial score (nSPS) is 11.2. The second-order valence-corrected chi connectivity index (χ2v) is 7.21. The molecular weight excluding hydrogens is 387 g/mol. The molecule has 0 spiro atoms. The Kier molecular flexibility index (Phi) is 5.81. The van der Waals surface area contributed by atoms with Crippen molar-refractivity contribution in [3.63, 3.8) is 0 Å². The topological polar surface area (TPSA) is 22.1 Å². The summed E-state index contributed by atoms with van der Waals surface area (Å²) in [5, 5.41) is 1.31. The summed E-state index contributed by atoms with van der Waals surface area (Å²) < 4.78 is 46.6. The Morgan fingerprint density at radius 3 is 2.37 bits per heavy atom. The van der Waals surface area contributed by atoms with E-state index >= 15 is 4.39 Å². The average molecular weight is 407 g/mol. The lowest BCUT2D eigenvalue weighted by Gasteiger charge is -2.09. The molecule has 0 aliphatic rings. The molecule has 0 aliphatic heterocycles. The Morgan fingerprint density at radius 2 is 1.63 bits per heavy atom. The van der Waals surface area contributed by atoms with Crippen LogP contribution in [0.3, 0.4) is 0 Å². The number of hydrogen-bond donors (Lipinski definition) is 0. The van der Waals surface area contributed by atoms with Crippen molar-refractivity contribution in [2.24, 2.45) is 0 Å². The summed E-state index contributed by atoms with van der Waals surface area (Å²) in [6.07, 6.45) is 2.59. The number of halogens is 3. The number of methoxy groups -OCH3 is 1. The SMILES string of the molecule is COCc1ccc(-c2ccc3c(F)c(CCc4ccc(F)c(F)c4)ccc3c2)nc1. The molecule has 4 rings (SSSR count). The maximum Gasteiger partial charge on any atom is 0.159 e. The molecule has 0 saturated heterocycles. The van der Waals surface area contributed by atoms with Crippen molar-refractivity contribution in [3.8, 4) is 11.3 Å².